The van der Waals surface area contributed by atoms with Crippen LogP contribution < -0.4 is 21.7 Å². The summed E-state index contributed by atoms with van der Waals surface area (Å²) in [6.45, 7) is 0.0670. The molecule has 0 saturated carbocycles. The first-order chi connectivity index (χ1) is 23.4. The molecule has 264 valence electrons. The third-order valence-electron chi connectivity index (χ3n) is 8.63. The smallest absolute Gasteiger partial charge is 0.326 e. The molecule has 8 N–H and O–H groups in total. The number of carbonyl (C=O) groups excluding carboxylic acids is 5. The summed E-state index contributed by atoms with van der Waals surface area (Å²) in [5.41, 5.74) is 7.11. The highest BCUT2D eigenvalue weighted by atomic mass is 16.4. The van der Waals surface area contributed by atoms with Crippen LogP contribution in [0.3, 0.4) is 0 Å². The molecule has 0 bridgehead atoms. The molecule has 49 heavy (non-hydrogen) atoms. The zero-order valence-electron chi connectivity index (χ0n) is 26.9. The first kappa shape index (κ1) is 36.5. The number of carboxylic acids is 2. The number of carbonyl (C=O) groups is 7. The van der Waals surface area contributed by atoms with Gasteiger partial charge in [0.15, 0.2) is 0 Å². The lowest BCUT2D eigenvalue weighted by molar-refractivity contribution is -0.148. The number of amides is 5. The number of aromatic amines is 1. The van der Waals surface area contributed by atoms with Crippen LogP contribution in [0.15, 0.2) is 42.9 Å². The molecule has 1 aromatic carbocycles. The van der Waals surface area contributed by atoms with Gasteiger partial charge in [-0.15, -0.1) is 0 Å². The molecular formula is C32H42N8O9. The quantitative estimate of drug-likeness (QED) is 0.108. The van der Waals surface area contributed by atoms with E-state index in [4.69, 9.17) is 10.8 Å². The fourth-order valence-corrected chi connectivity index (χ4v) is 6.04. The minimum atomic E-state index is -1.22. The summed E-state index contributed by atoms with van der Waals surface area (Å²) >= 11 is 0. The molecule has 2 saturated heterocycles. The second-order valence-electron chi connectivity index (χ2n) is 12.1. The average molecular weight is 683 g/mol. The van der Waals surface area contributed by atoms with E-state index in [1.807, 2.05) is 0 Å². The number of benzene rings is 1. The Hall–Kier alpha value is -5.32. The number of aromatic nitrogens is 2. The molecule has 2 fully saturated rings. The summed E-state index contributed by atoms with van der Waals surface area (Å²) in [6, 6.07) is 3.44. The minimum Gasteiger partial charge on any atom is -0.481 e. The van der Waals surface area contributed by atoms with Gasteiger partial charge in [0.2, 0.25) is 29.5 Å². The molecule has 5 atom stereocenters. The predicted molar refractivity (Wildman–Crippen MR) is 171 cm³/mol. The average Bonchev–Trinajstić information content (AvgIpc) is 3.88. The van der Waals surface area contributed by atoms with Crippen molar-refractivity contribution in [2.45, 2.75) is 81.6 Å². The Morgan fingerprint density at radius 3 is 2.22 bits per heavy atom. The lowest BCUT2D eigenvalue weighted by atomic mass is 10.0. The number of carboxylic acid groups (broad SMARTS) is 2. The van der Waals surface area contributed by atoms with Crippen molar-refractivity contribution in [2.24, 2.45) is 5.73 Å². The van der Waals surface area contributed by atoms with Crippen molar-refractivity contribution < 1.29 is 43.8 Å². The number of imidazole rings is 1. The summed E-state index contributed by atoms with van der Waals surface area (Å²) in [5, 5.41) is 26.2. The largest absolute Gasteiger partial charge is 0.481 e. The van der Waals surface area contributed by atoms with Crippen LogP contribution in [-0.2, 0) is 46.4 Å². The Morgan fingerprint density at radius 1 is 0.898 bits per heavy atom. The molecule has 5 amide bonds. The molecule has 0 radical (unpaired) electrons. The van der Waals surface area contributed by atoms with Gasteiger partial charge < -0.3 is 46.7 Å². The van der Waals surface area contributed by atoms with Crippen LogP contribution in [-0.4, -0.2) is 121 Å². The topological polar surface area (TPSA) is 257 Å². The summed E-state index contributed by atoms with van der Waals surface area (Å²) in [7, 11) is 0. The van der Waals surface area contributed by atoms with Crippen LogP contribution in [0.1, 0.15) is 49.8 Å². The van der Waals surface area contributed by atoms with Crippen LogP contribution in [0, 0.1) is 0 Å². The SMILES string of the molecule is N[C@@H](CCC(=O)O)C(=O)N[C@@H](Cc1cnc[nH]1)C(=O)N[C@@H](Cc1ccccc1)C(=O)N1CCC[C@H]1C(=O)NCC(=O)N1CCC[C@H]1C(=O)O. The van der Waals surface area contributed by atoms with Crippen LogP contribution in [0.25, 0.3) is 0 Å². The fraction of sp³-hybridized carbons (Fsp3) is 0.500. The second kappa shape index (κ2) is 17.2. The molecule has 0 aliphatic carbocycles. The number of aliphatic carboxylic acids is 2. The lowest BCUT2D eigenvalue weighted by Crippen LogP contribution is -2.59. The molecule has 17 nitrogen and oxygen atoms in total. The highest BCUT2D eigenvalue weighted by Crippen LogP contribution is 2.21. The molecule has 2 aromatic rings. The van der Waals surface area contributed by atoms with Gasteiger partial charge in [-0.2, -0.15) is 0 Å². The van der Waals surface area contributed by atoms with Gasteiger partial charge in [0.1, 0.15) is 24.2 Å². The van der Waals surface area contributed by atoms with Gasteiger partial charge in [-0.3, -0.25) is 28.8 Å². The van der Waals surface area contributed by atoms with Gasteiger partial charge in [0, 0.05) is 44.2 Å². The molecule has 3 heterocycles. The highest BCUT2D eigenvalue weighted by molar-refractivity contribution is 5.96. The van der Waals surface area contributed by atoms with Gasteiger partial charge in [0.05, 0.1) is 18.9 Å². The molecule has 17 heteroatoms. The molecule has 0 unspecified atom stereocenters. The van der Waals surface area contributed by atoms with Crippen molar-refractivity contribution in [3.63, 3.8) is 0 Å². The van der Waals surface area contributed by atoms with Crippen molar-refractivity contribution >= 4 is 41.5 Å². The molecule has 0 spiro atoms. The number of hydrogen-bond donors (Lipinski definition) is 7. The number of nitrogens with zero attached hydrogens (tertiary/aromatic N) is 3. The Labute approximate surface area is 282 Å². The lowest BCUT2D eigenvalue weighted by Gasteiger charge is -2.30. The van der Waals surface area contributed by atoms with Crippen molar-refractivity contribution in [2.75, 3.05) is 19.6 Å². The predicted octanol–water partition coefficient (Wildman–Crippen LogP) is -1.46. The first-order valence-electron chi connectivity index (χ1n) is 16.1. The van der Waals surface area contributed by atoms with Crippen LogP contribution in [0.4, 0.5) is 0 Å². The molecule has 2 aliphatic rings. The Morgan fingerprint density at radius 2 is 1.57 bits per heavy atom. The highest BCUT2D eigenvalue weighted by Gasteiger charge is 2.39. The second-order valence-corrected chi connectivity index (χ2v) is 12.1. The van der Waals surface area contributed by atoms with Gasteiger partial charge >= 0.3 is 11.9 Å². The maximum absolute atomic E-state index is 14.1. The number of H-pyrrole nitrogens is 1. The number of nitrogens with two attached hydrogens (primary N) is 1. The summed E-state index contributed by atoms with van der Waals surface area (Å²) in [4.78, 5) is 98.6. The van der Waals surface area contributed by atoms with Crippen molar-refractivity contribution in [1.29, 1.82) is 0 Å². The summed E-state index contributed by atoms with van der Waals surface area (Å²) < 4.78 is 0. The van der Waals surface area contributed by atoms with E-state index in [1.54, 1.807) is 30.3 Å². The number of nitrogens with one attached hydrogen (secondary N) is 4. The molecule has 4 rings (SSSR count). The number of likely N-dealkylation sites (tertiary alicyclic amines) is 2. The van der Waals surface area contributed by atoms with Crippen LogP contribution >= 0.6 is 0 Å². The fourth-order valence-electron chi connectivity index (χ4n) is 6.04. The van der Waals surface area contributed by atoms with E-state index in [1.165, 1.54) is 22.3 Å². The van der Waals surface area contributed by atoms with Crippen molar-refractivity contribution in [3.8, 4) is 0 Å². The molecule has 1 aromatic heterocycles. The Kier molecular flexibility index (Phi) is 12.8. The maximum Gasteiger partial charge on any atom is 0.326 e. The molecular weight excluding hydrogens is 640 g/mol. The van der Waals surface area contributed by atoms with Crippen LogP contribution in [0.5, 0.6) is 0 Å². The maximum atomic E-state index is 14.1. The number of rotatable bonds is 16. The van der Waals surface area contributed by atoms with Gasteiger partial charge in [-0.1, -0.05) is 30.3 Å². The van der Waals surface area contributed by atoms with E-state index in [2.05, 4.69) is 25.9 Å². The number of hydrogen-bond acceptors (Lipinski definition) is 9. The van der Waals surface area contributed by atoms with E-state index >= 15 is 0 Å². The molecule has 2 aliphatic heterocycles. The third kappa shape index (κ3) is 10.1. The van der Waals surface area contributed by atoms with Crippen molar-refractivity contribution in [3.05, 3.63) is 54.1 Å². The van der Waals surface area contributed by atoms with Crippen LogP contribution in [0.2, 0.25) is 0 Å². The first-order valence-corrected chi connectivity index (χ1v) is 16.1. The zero-order valence-corrected chi connectivity index (χ0v) is 26.9. The van der Waals surface area contributed by atoms with E-state index in [-0.39, 0.29) is 38.8 Å². The van der Waals surface area contributed by atoms with Gasteiger partial charge in [0.25, 0.3) is 0 Å². The zero-order chi connectivity index (χ0) is 35.5. The van der Waals surface area contributed by atoms with Crippen molar-refractivity contribution in [1.82, 2.24) is 35.7 Å². The minimum absolute atomic E-state index is 0.0437. The van der Waals surface area contributed by atoms with E-state index in [9.17, 15) is 38.7 Å². The monoisotopic (exact) mass is 682 g/mol. The Balaban J connectivity index is 1.48. The normalized spacial score (nSPS) is 19.0. The van der Waals surface area contributed by atoms with E-state index in [0.717, 1.165) is 5.56 Å². The van der Waals surface area contributed by atoms with Gasteiger partial charge in [-0.25, -0.2) is 9.78 Å². The van der Waals surface area contributed by atoms with Gasteiger partial charge in [-0.05, 0) is 37.7 Å². The standard InChI is InChI=1S/C32H42N8O9/c33-21(10-11-27(42)43)28(44)37-22(15-20-16-34-18-36-20)29(45)38-23(14-19-6-2-1-3-7-19)31(47)40-13-4-8-24(40)30(46)35-17-26(41)39-12-5-9-25(39)32(48)49/h1-3,6-7,16,18,21-25H,4-5,8-15,17,33H2,(H,34,36)(H,35,46)(H,37,44)(H,38,45)(H,42,43)(H,48,49)/t21-,22-,23-,24-,25-/m0/s1. The Bertz CT molecular complexity index is 1500. The van der Waals surface area contributed by atoms with E-state index in [0.29, 0.717) is 31.4 Å². The third-order valence-corrected chi connectivity index (χ3v) is 8.63. The summed E-state index contributed by atoms with van der Waals surface area (Å²) in [6.07, 6.45) is 4.05. The van der Waals surface area contributed by atoms with E-state index < -0.39 is 78.2 Å². The summed E-state index contributed by atoms with van der Waals surface area (Å²) in [5.74, 6) is -5.35.